The minimum absolute atomic E-state index is 0.0673. The van der Waals surface area contributed by atoms with Gasteiger partial charge in [-0.3, -0.25) is 0 Å². The van der Waals surface area contributed by atoms with E-state index < -0.39 is 26.5 Å². The number of rotatable bonds is 6. The second-order valence-corrected chi connectivity index (χ2v) is 11.8. The average Bonchev–Trinajstić information content (AvgIpc) is 2.49. The third-order valence-electron chi connectivity index (χ3n) is 4.26. The summed E-state index contributed by atoms with van der Waals surface area (Å²) in [6.45, 7) is 10.3. The summed E-state index contributed by atoms with van der Waals surface area (Å²) in [7, 11) is -0.909. The van der Waals surface area contributed by atoms with E-state index in [0.29, 0.717) is 0 Å². The Morgan fingerprint density at radius 1 is 1.22 bits per heavy atom. The van der Waals surface area contributed by atoms with Crippen molar-refractivity contribution in [2.45, 2.75) is 51.1 Å². The van der Waals surface area contributed by atoms with Crippen molar-refractivity contribution in [2.24, 2.45) is 0 Å². The molecule has 128 valence electrons. The largest absolute Gasteiger partial charge is 0.467 e. The molecule has 0 amide bonds. The second kappa shape index (κ2) is 7.90. The van der Waals surface area contributed by atoms with Crippen LogP contribution in [0.3, 0.4) is 0 Å². The molecule has 0 fully saturated rings. The summed E-state index contributed by atoms with van der Waals surface area (Å²) in [5.41, 5.74) is 0.947. The monoisotopic (exact) mass is 336 g/mol. The molecule has 0 saturated carbocycles. The van der Waals surface area contributed by atoms with E-state index in [-0.39, 0.29) is 5.04 Å². The molecule has 0 aliphatic heterocycles. The molecule has 1 aromatic carbocycles. The number of aliphatic hydroxyl groups is 1. The van der Waals surface area contributed by atoms with Gasteiger partial charge < -0.3 is 14.3 Å². The molecule has 4 nitrogen and oxygen atoms in total. The van der Waals surface area contributed by atoms with E-state index >= 15 is 0 Å². The smallest absolute Gasteiger partial charge is 0.336 e. The fraction of sp³-hybridized carbons (Fsp3) is 0.500. The molecule has 0 aromatic heterocycles. The summed E-state index contributed by atoms with van der Waals surface area (Å²) in [4.78, 5) is 12.1. The van der Waals surface area contributed by atoms with Gasteiger partial charge in [-0.25, -0.2) is 4.79 Å². The van der Waals surface area contributed by atoms with Gasteiger partial charge in [-0.1, -0.05) is 63.3 Å². The lowest BCUT2D eigenvalue weighted by atomic mass is 10.1. The van der Waals surface area contributed by atoms with E-state index in [1.165, 1.54) is 7.11 Å². The number of methoxy groups -OCH3 is 1. The fourth-order valence-corrected chi connectivity index (χ4v) is 2.97. The molecule has 0 bridgehead atoms. The van der Waals surface area contributed by atoms with Crippen molar-refractivity contribution in [2.75, 3.05) is 7.11 Å². The van der Waals surface area contributed by atoms with Crippen LogP contribution in [-0.2, 0) is 14.0 Å². The summed E-state index contributed by atoms with van der Waals surface area (Å²) in [6.07, 6.45) is 1.28. The van der Waals surface area contributed by atoms with Crippen molar-refractivity contribution in [3.05, 3.63) is 42.0 Å². The zero-order valence-electron chi connectivity index (χ0n) is 14.9. The van der Waals surface area contributed by atoms with Crippen molar-refractivity contribution in [3.8, 4) is 0 Å². The summed E-state index contributed by atoms with van der Waals surface area (Å²) >= 11 is 0. The van der Waals surface area contributed by atoms with Crippen LogP contribution in [0.25, 0.3) is 6.08 Å². The van der Waals surface area contributed by atoms with Crippen molar-refractivity contribution < 1.29 is 19.1 Å². The first-order valence-corrected chi connectivity index (χ1v) is 10.7. The van der Waals surface area contributed by atoms with Crippen LogP contribution in [-0.4, -0.2) is 38.7 Å². The highest BCUT2D eigenvalue weighted by molar-refractivity contribution is 6.74. The minimum atomic E-state index is -2.21. The van der Waals surface area contributed by atoms with Gasteiger partial charge in [-0.05, 0) is 23.7 Å². The molecule has 0 heterocycles. The van der Waals surface area contributed by atoms with Crippen LogP contribution in [0.1, 0.15) is 26.3 Å². The molecule has 0 aliphatic carbocycles. The lowest BCUT2D eigenvalue weighted by Gasteiger charge is -2.39. The maximum Gasteiger partial charge on any atom is 0.336 e. The van der Waals surface area contributed by atoms with Gasteiger partial charge in [0.1, 0.15) is 6.10 Å². The van der Waals surface area contributed by atoms with Crippen LogP contribution in [0.5, 0.6) is 0 Å². The van der Waals surface area contributed by atoms with Gasteiger partial charge in [0.2, 0.25) is 0 Å². The maximum absolute atomic E-state index is 12.1. The molecular formula is C18H28O4Si. The third kappa shape index (κ3) is 5.60. The number of aliphatic hydroxyl groups excluding tert-OH is 1. The molecular weight excluding hydrogens is 308 g/mol. The summed E-state index contributed by atoms with van der Waals surface area (Å²) < 4.78 is 10.9. The molecule has 5 heteroatoms. The van der Waals surface area contributed by atoms with Gasteiger partial charge >= 0.3 is 5.97 Å². The predicted molar refractivity (Wildman–Crippen MR) is 95.6 cm³/mol. The number of carbonyl (C=O) groups is 1. The Balaban J connectivity index is 2.94. The number of hydrogen-bond acceptors (Lipinski definition) is 4. The molecule has 1 aromatic rings. The zero-order chi connectivity index (χ0) is 17.7. The summed E-state index contributed by atoms with van der Waals surface area (Å²) in [5.74, 6) is -0.556. The van der Waals surface area contributed by atoms with Gasteiger partial charge in [0.25, 0.3) is 0 Å². The summed E-state index contributed by atoms with van der Waals surface area (Å²) in [6, 6.07) is 9.59. The van der Waals surface area contributed by atoms with Crippen LogP contribution in [0.2, 0.25) is 18.1 Å². The Labute approximate surface area is 140 Å². The van der Waals surface area contributed by atoms with Crippen molar-refractivity contribution in [1.82, 2.24) is 0 Å². The van der Waals surface area contributed by atoms with E-state index in [1.807, 2.05) is 43.4 Å². The minimum Gasteiger partial charge on any atom is -0.467 e. The molecule has 1 N–H and O–H groups in total. The SMILES string of the molecule is COC(=O)[C@H](O[Si](C)(C)C(C)(C)C)[C@@H](O)/C=C/c1ccccc1. The van der Waals surface area contributed by atoms with E-state index in [1.54, 1.807) is 12.2 Å². The molecule has 0 aliphatic rings. The van der Waals surface area contributed by atoms with Crippen LogP contribution < -0.4 is 0 Å². The first-order chi connectivity index (χ1) is 10.6. The second-order valence-electron chi connectivity index (χ2n) is 7.08. The molecule has 0 spiro atoms. The third-order valence-corrected chi connectivity index (χ3v) is 8.71. The number of benzene rings is 1. The van der Waals surface area contributed by atoms with E-state index in [9.17, 15) is 9.90 Å². The maximum atomic E-state index is 12.1. The highest BCUT2D eigenvalue weighted by atomic mass is 28.4. The Kier molecular flexibility index (Phi) is 6.74. The molecule has 0 radical (unpaired) electrons. The molecule has 0 unspecified atom stereocenters. The first kappa shape index (κ1) is 19.6. The standard InChI is InChI=1S/C18H28O4Si/c1-18(2,3)23(5,6)22-16(17(20)21-4)15(19)13-12-14-10-8-7-9-11-14/h7-13,15-16,19H,1-6H3/b13-12+/t15-,16+/m0/s1. The highest BCUT2D eigenvalue weighted by Gasteiger charge is 2.42. The topological polar surface area (TPSA) is 55.8 Å². The fourth-order valence-electron chi connectivity index (χ4n) is 1.74. The van der Waals surface area contributed by atoms with Gasteiger partial charge in [0, 0.05) is 0 Å². The number of esters is 1. The highest BCUT2D eigenvalue weighted by Crippen LogP contribution is 2.37. The number of carbonyl (C=O) groups excluding carboxylic acids is 1. The van der Waals surface area contributed by atoms with Gasteiger partial charge in [0.15, 0.2) is 14.4 Å². The molecule has 1 rings (SSSR count). The Hall–Kier alpha value is -1.43. The van der Waals surface area contributed by atoms with Gasteiger partial charge in [-0.2, -0.15) is 0 Å². The summed E-state index contributed by atoms with van der Waals surface area (Å²) in [5, 5.41) is 10.3. The average molecular weight is 337 g/mol. The van der Waals surface area contributed by atoms with Crippen LogP contribution >= 0.6 is 0 Å². The van der Waals surface area contributed by atoms with Gasteiger partial charge in [0.05, 0.1) is 7.11 Å². The first-order valence-electron chi connectivity index (χ1n) is 7.75. The normalized spacial score (nSPS) is 15.4. The predicted octanol–water partition coefficient (Wildman–Crippen LogP) is 3.62. The van der Waals surface area contributed by atoms with Crippen LogP contribution in [0.4, 0.5) is 0 Å². The van der Waals surface area contributed by atoms with Crippen LogP contribution in [0.15, 0.2) is 36.4 Å². The number of hydrogen-bond donors (Lipinski definition) is 1. The number of ether oxygens (including phenoxy) is 1. The molecule has 0 saturated heterocycles. The lowest BCUT2D eigenvalue weighted by molar-refractivity contribution is -0.153. The van der Waals surface area contributed by atoms with Gasteiger partial charge in [-0.15, -0.1) is 0 Å². The van der Waals surface area contributed by atoms with Crippen LogP contribution in [0, 0.1) is 0 Å². The van der Waals surface area contributed by atoms with Crippen molar-refractivity contribution in [3.63, 3.8) is 0 Å². The van der Waals surface area contributed by atoms with E-state index in [4.69, 9.17) is 9.16 Å². The van der Waals surface area contributed by atoms with E-state index in [0.717, 1.165) is 5.56 Å². The molecule has 23 heavy (non-hydrogen) atoms. The quantitative estimate of drug-likeness (QED) is 0.637. The van der Waals surface area contributed by atoms with E-state index in [2.05, 4.69) is 20.8 Å². The Morgan fingerprint density at radius 3 is 2.26 bits per heavy atom. The Bertz CT molecular complexity index is 532. The Morgan fingerprint density at radius 2 is 1.78 bits per heavy atom. The lowest BCUT2D eigenvalue weighted by Crippen LogP contribution is -2.49. The van der Waals surface area contributed by atoms with Crippen molar-refractivity contribution in [1.29, 1.82) is 0 Å². The van der Waals surface area contributed by atoms with Crippen molar-refractivity contribution >= 4 is 20.4 Å². The molecule has 2 atom stereocenters. The zero-order valence-corrected chi connectivity index (χ0v) is 15.9.